The van der Waals surface area contributed by atoms with Crippen LogP contribution < -0.4 is 5.32 Å². The lowest BCUT2D eigenvalue weighted by Crippen LogP contribution is -2.24. The normalized spacial score (nSPS) is 15.0. The second-order valence-corrected chi connectivity index (χ2v) is 8.50. The molecule has 2 heterocycles. The molecule has 30 heavy (non-hydrogen) atoms. The topological polar surface area (TPSA) is 106 Å². The van der Waals surface area contributed by atoms with Gasteiger partial charge < -0.3 is 14.9 Å². The van der Waals surface area contributed by atoms with Crippen molar-refractivity contribution in [3.05, 3.63) is 35.5 Å². The lowest BCUT2D eigenvalue weighted by atomic mass is 9.76. The van der Waals surface area contributed by atoms with E-state index in [1.807, 2.05) is 24.3 Å². The fourth-order valence-electron chi connectivity index (χ4n) is 3.92. The van der Waals surface area contributed by atoms with E-state index in [0.717, 1.165) is 42.8 Å². The van der Waals surface area contributed by atoms with E-state index < -0.39 is 5.97 Å². The Hall–Kier alpha value is -3.16. The number of fused-ring (bicyclic) bond motifs is 1. The smallest absolute Gasteiger partial charge is 0.305 e. The number of benzene rings is 1. The van der Waals surface area contributed by atoms with Gasteiger partial charge in [0, 0.05) is 35.6 Å². The quantitative estimate of drug-likeness (QED) is 0.607. The van der Waals surface area contributed by atoms with E-state index in [9.17, 15) is 4.79 Å². The van der Waals surface area contributed by atoms with Crippen LogP contribution in [0.15, 0.2) is 28.8 Å². The number of nitrogens with zero attached hydrogens (tertiary/aromatic N) is 4. The molecule has 0 saturated heterocycles. The molecule has 0 bridgehead atoms. The first-order valence-corrected chi connectivity index (χ1v) is 10.3. The summed E-state index contributed by atoms with van der Waals surface area (Å²) >= 11 is 0. The maximum absolute atomic E-state index is 10.6. The average molecular weight is 409 g/mol. The highest BCUT2D eigenvalue weighted by Gasteiger charge is 2.32. The van der Waals surface area contributed by atoms with Crippen molar-refractivity contribution in [2.24, 2.45) is 5.41 Å². The maximum Gasteiger partial charge on any atom is 0.305 e. The van der Waals surface area contributed by atoms with Crippen molar-refractivity contribution in [1.82, 2.24) is 19.9 Å². The van der Waals surface area contributed by atoms with Gasteiger partial charge in [-0.2, -0.15) is 10.1 Å². The summed E-state index contributed by atoms with van der Waals surface area (Å²) < 4.78 is 7.65. The van der Waals surface area contributed by atoms with Crippen LogP contribution >= 0.6 is 0 Å². The van der Waals surface area contributed by atoms with Gasteiger partial charge in [0.15, 0.2) is 5.69 Å². The van der Waals surface area contributed by atoms with Crippen LogP contribution in [0.5, 0.6) is 0 Å². The first kappa shape index (κ1) is 20.1. The van der Waals surface area contributed by atoms with Crippen molar-refractivity contribution in [2.75, 3.05) is 11.9 Å². The molecule has 0 fully saturated rings. The molecular formula is C22H27N5O3. The fraction of sp³-hybridized carbons (Fsp3) is 0.455. The highest BCUT2D eigenvalue weighted by Crippen LogP contribution is 2.39. The number of hydrogen-bond acceptors (Lipinski definition) is 6. The summed E-state index contributed by atoms with van der Waals surface area (Å²) in [6, 6.07) is 7.53. The molecule has 0 atom stereocenters. The zero-order chi connectivity index (χ0) is 21.3. The van der Waals surface area contributed by atoms with Crippen LogP contribution in [-0.2, 0) is 24.2 Å². The third kappa shape index (κ3) is 4.08. The molecule has 0 aliphatic heterocycles. The third-order valence-corrected chi connectivity index (χ3v) is 5.60. The molecule has 1 aromatic carbocycles. The number of aromatic nitrogens is 4. The van der Waals surface area contributed by atoms with E-state index >= 15 is 0 Å². The van der Waals surface area contributed by atoms with Gasteiger partial charge in [0.2, 0.25) is 5.82 Å². The minimum Gasteiger partial charge on any atom is -0.481 e. The van der Waals surface area contributed by atoms with Crippen LogP contribution in [-0.4, -0.2) is 37.5 Å². The molecule has 1 aliphatic rings. The molecule has 8 heteroatoms. The number of carbonyl (C=O) groups is 1. The molecule has 8 nitrogen and oxygen atoms in total. The molecule has 4 rings (SSSR count). The van der Waals surface area contributed by atoms with Crippen molar-refractivity contribution < 1.29 is 14.4 Å². The van der Waals surface area contributed by atoms with Crippen LogP contribution in [0.1, 0.15) is 44.9 Å². The summed E-state index contributed by atoms with van der Waals surface area (Å²) in [5.74, 6) is 0.143. The number of hydrogen-bond donors (Lipinski definition) is 2. The van der Waals surface area contributed by atoms with E-state index in [1.54, 1.807) is 0 Å². The monoisotopic (exact) mass is 409 g/mol. The van der Waals surface area contributed by atoms with Gasteiger partial charge in [-0.05, 0) is 55.9 Å². The van der Waals surface area contributed by atoms with Crippen molar-refractivity contribution in [1.29, 1.82) is 0 Å². The molecule has 0 radical (unpaired) electrons. The molecule has 0 saturated carbocycles. The van der Waals surface area contributed by atoms with E-state index in [2.05, 4.69) is 40.9 Å². The molecule has 2 N–H and O–H groups in total. The lowest BCUT2D eigenvalue weighted by molar-refractivity contribution is -0.136. The number of carboxylic acid groups (broad SMARTS) is 1. The molecule has 0 spiro atoms. The van der Waals surface area contributed by atoms with Gasteiger partial charge >= 0.3 is 5.97 Å². The Kier molecular flexibility index (Phi) is 5.32. The molecule has 0 amide bonds. The van der Waals surface area contributed by atoms with Crippen LogP contribution in [0.4, 0.5) is 5.69 Å². The Morgan fingerprint density at radius 3 is 2.77 bits per heavy atom. The number of nitrogens with one attached hydrogen (secondary N) is 1. The Morgan fingerprint density at radius 1 is 1.30 bits per heavy atom. The molecule has 0 unspecified atom stereocenters. The Balaban J connectivity index is 1.55. The number of aliphatic carboxylic acids is 1. The summed E-state index contributed by atoms with van der Waals surface area (Å²) in [5.41, 5.74) is 5.26. The SMILES string of the molecule is CCn1nc(-c2nc(-c3ccc(NCCC(=O)O)cc3)no2)c2c1CC(C)(C)CC2. The van der Waals surface area contributed by atoms with E-state index in [0.29, 0.717) is 18.3 Å². The van der Waals surface area contributed by atoms with Crippen LogP contribution in [0.2, 0.25) is 0 Å². The highest BCUT2D eigenvalue weighted by atomic mass is 16.5. The Morgan fingerprint density at radius 2 is 2.07 bits per heavy atom. The van der Waals surface area contributed by atoms with Crippen molar-refractivity contribution >= 4 is 11.7 Å². The minimum absolute atomic E-state index is 0.0713. The fourth-order valence-corrected chi connectivity index (χ4v) is 3.92. The number of anilines is 1. The summed E-state index contributed by atoms with van der Waals surface area (Å²) in [6.45, 7) is 7.89. The summed E-state index contributed by atoms with van der Waals surface area (Å²) in [5, 5.41) is 20.7. The predicted molar refractivity (Wildman–Crippen MR) is 113 cm³/mol. The van der Waals surface area contributed by atoms with Crippen LogP contribution in [0.3, 0.4) is 0 Å². The second kappa shape index (κ2) is 7.93. The second-order valence-electron chi connectivity index (χ2n) is 8.50. The van der Waals surface area contributed by atoms with Crippen molar-refractivity contribution in [3.8, 4) is 23.0 Å². The van der Waals surface area contributed by atoms with Gasteiger partial charge in [-0.1, -0.05) is 19.0 Å². The zero-order valence-electron chi connectivity index (χ0n) is 17.6. The van der Waals surface area contributed by atoms with Crippen molar-refractivity contribution in [2.45, 2.75) is 53.0 Å². The first-order chi connectivity index (χ1) is 14.4. The zero-order valence-corrected chi connectivity index (χ0v) is 17.6. The minimum atomic E-state index is -0.824. The van der Waals surface area contributed by atoms with E-state index in [-0.39, 0.29) is 11.8 Å². The maximum atomic E-state index is 10.6. The van der Waals surface area contributed by atoms with Gasteiger partial charge in [-0.3, -0.25) is 9.48 Å². The van der Waals surface area contributed by atoms with Crippen LogP contribution in [0.25, 0.3) is 23.0 Å². The van der Waals surface area contributed by atoms with Gasteiger partial charge in [0.25, 0.3) is 5.89 Å². The average Bonchev–Trinajstić information content (AvgIpc) is 3.32. The van der Waals surface area contributed by atoms with E-state index in [4.69, 9.17) is 14.7 Å². The molecule has 3 aromatic rings. The number of carboxylic acids is 1. The molecular weight excluding hydrogens is 382 g/mol. The molecule has 2 aromatic heterocycles. The predicted octanol–water partition coefficient (Wildman–Crippen LogP) is 4.02. The van der Waals surface area contributed by atoms with Gasteiger partial charge in [0.05, 0.1) is 6.42 Å². The van der Waals surface area contributed by atoms with Gasteiger partial charge in [-0.15, -0.1) is 0 Å². The number of aryl methyl sites for hydroxylation is 1. The van der Waals surface area contributed by atoms with Gasteiger partial charge in [0.1, 0.15) is 0 Å². The Labute approximate surface area is 175 Å². The van der Waals surface area contributed by atoms with E-state index in [1.165, 1.54) is 11.3 Å². The van der Waals surface area contributed by atoms with Crippen molar-refractivity contribution in [3.63, 3.8) is 0 Å². The number of rotatable bonds is 7. The third-order valence-electron chi connectivity index (χ3n) is 5.60. The van der Waals surface area contributed by atoms with Crippen LogP contribution in [0, 0.1) is 5.41 Å². The highest BCUT2D eigenvalue weighted by molar-refractivity contribution is 5.68. The Bertz CT molecular complexity index is 1050. The summed E-state index contributed by atoms with van der Waals surface area (Å²) in [6.07, 6.45) is 3.15. The van der Waals surface area contributed by atoms with Gasteiger partial charge in [-0.25, -0.2) is 0 Å². The molecule has 158 valence electrons. The standard InChI is InChI=1S/C22H27N5O3/c1-4-27-17-13-22(2,3)11-9-16(17)19(25-27)21-24-20(26-30-21)14-5-7-15(8-6-14)23-12-10-18(28)29/h5-8,23H,4,9-13H2,1-3H3,(H,28,29). The largest absolute Gasteiger partial charge is 0.481 e. The first-order valence-electron chi connectivity index (χ1n) is 10.3. The summed E-state index contributed by atoms with van der Waals surface area (Å²) in [4.78, 5) is 15.2. The summed E-state index contributed by atoms with van der Waals surface area (Å²) in [7, 11) is 0. The lowest BCUT2D eigenvalue weighted by Gasteiger charge is -2.30. The molecule has 1 aliphatic carbocycles.